The van der Waals surface area contributed by atoms with Gasteiger partial charge in [0.1, 0.15) is 12.4 Å². The second-order valence-electron chi connectivity index (χ2n) is 3.27. The zero-order chi connectivity index (χ0) is 11.4. The monoisotopic (exact) mass is 210 g/mol. The van der Waals surface area contributed by atoms with Crippen molar-refractivity contribution in [3.63, 3.8) is 0 Å². The first-order valence-corrected chi connectivity index (χ1v) is 4.61. The fourth-order valence-corrected chi connectivity index (χ4v) is 1.25. The van der Waals surface area contributed by atoms with Crippen LogP contribution in [0.15, 0.2) is 18.9 Å². The van der Waals surface area contributed by atoms with Gasteiger partial charge >= 0.3 is 5.97 Å². The van der Waals surface area contributed by atoms with Gasteiger partial charge in [-0.2, -0.15) is 0 Å². The minimum Gasteiger partial charge on any atom is -0.480 e. The van der Waals surface area contributed by atoms with Crippen LogP contribution in [-0.2, 0) is 17.8 Å². The van der Waals surface area contributed by atoms with Crippen molar-refractivity contribution < 1.29 is 15.0 Å². The van der Waals surface area contributed by atoms with E-state index in [0.29, 0.717) is 17.9 Å². The number of nitrogens with zero attached hydrogens (tertiary/aromatic N) is 2. The molecule has 0 amide bonds. The van der Waals surface area contributed by atoms with E-state index < -0.39 is 12.1 Å². The summed E-state index contributed by atoms with van der Waals surface area (Å²) in [6, 6.07) is 0. The minimum absolute atomic E-state index is 0.150. The van der Waals surface area contributed by atoms with E-state index in [1.165, 1.54) is 4.57 Å². The van der Waals surface area contributed by atoms with Gasteiger partial charge in [0.05, 0.1) is 11.8 Å². The molecule has 0 aromatic carbocycles. The molecule has 1 aromatic rings. The van der Waals surface area contributed by atoms with Crippen LogP contribution in [0.25, 0.3) is 0 Å². The molecule has 1 aromatic heterocycles. The SMILES string of the molecule is C=CCc1nc(C(C)O)cn1CC(=O)O. The van der Waals surface area contributed by atoms with Crippen molar-refractivity contribution >= 4 is 5.97 Å². The lowest BCUT2D eigenvalue weighted by atomic mass is 10.3. The predicted molar refractivity (Wildman–Crippen MR) is 54.4 cm³/mol. The Hall–Kier alpha value is -1.62. The Kier molecular flexibility index (Phi) is 3.62. The lowest BCUT2D eigenvalue weighted by molar-refractivity contribution is -0.137. The van der Waals surface area contributed by atoms with Gasteiger partial charge < -0.3 is 14.8 Å². The van der Waals surface area contributed by atoms with Gasteiger partial charge in [0.15, 0.2) is 0 Å². The van der Waals surface area contributed by atoms with Crippen LogP contribution in [0, 0.1) is 0 Å². The van der Waals surface area contributed by atoms with Crippen LogP contribution in [-0.4, -0.2) is 25.7 Å². The maximum absolute atomic E-state index is 10.6. The number of allylic oxidation sites excluding steroid dienone is 1. The van der Waals surface area contributed by atoms with Gasteiger partial charge in [0.25, 0.3) is 0 Å². The number of carbonyl (C=O) groups is 1. The molecule has 0 aliphatic carbocycles. The molecule has 0 aliphatic rings. The van der Waals surface area contributed by atoms with Crippen LogP contribution in [0.2, 0.25) is 0 Å². The predicted octanol–water partition coefficient (Wildman–Crippen LogP) is 0.749. The van der Waals surface area contributed by atoms with Crippen LogP contribution >= 0.6 is 0 Å². The van der Waals surface area contributed by atoms with Crippen LogP contribution in [0.1, 0.15) is 24.5 Å². The normalized spacial score (nSPS) is 12.4. The van der Waals surface area contributed by atoms with Crippen LogP contribution in [0.5, 0.6) is 0 Å². The van der Waals surface area contributed by atoms with Crippen LogP contribution < -0.4 is 0 Å². The highest BCUT2D eigenvalue weighted by Crippen LogP contribution is 2.12. The number of hydrogen-bond donors (Lipinski definition) is 2. The molecule has 0 saturated heterocycles. The Morgan fingerprint density at radius 1 is 1.80 bits per heavy atom. The van der Waals surface area contributed by atoms with Gasteiger partial charge in [-0.3, -0.25) is 4.79 Å². The summed E-state index contributed by atoms with van der Waals surface area (Å²) in [7, 11) is 0. The van der Waals surface area contributed by atoms with Crippen LogP contribution in [0.3, 0.4) is 0 Å². The van der Waals surface area contributed by atoms with E-state index in [4.69, 9.17) is 5.11 Å². The molecule has 1 rings (SSSR count). The van der Waals surface area contributed by atoms with Crippen molar-refractivity contribution in [3.8, 4) is 0 Å². The Morgan fingerprint density at radius 2 is 2.47 bits per heavy atom. The molecule has 15 heavy (non-hydrogen) atoms. The summed E-state index contributed by atoms with van der Waals surface area (Å²) in [5, 5.41) is 18.0. The first-order chi connectivity index (χ1) is 7.04. The highest BCUT2D eigenvalue weighted by Gasteiger charge is 2.12. The molecule has 1 unspecified atom stereocenters. The largest absolute Gasteiger partial charge is 0.480 e. The Bertz CT molecular complexity index is 369. The Balaban J connectivity index is 2.99. The van der Waals surface area contributed by atoms with Crippen molar-refractivity contribution in [1.82, 2.24) is 9.55 Å². The van der Waals surface area contributed by atoms with E-state index in [9.17, 15) is 9.90 Å². The second kappa shape index (κ2) is 4.75. The van der Waals surface area contributed by atoms with Crippen molar-refractivity contribution in [2.45, 2.75) is 26.0 Å². The Labute approximate surface area is 87.7 Å². The molecule has 0 spiro atoms. The van der Waals surface area contributed by atoms with Gasteiger partial charge in [-0.15, -0.1) is 6.58 Å². The summed E-state index contributed by atoms with van der Waals surface area (Å²) in [5.74, 6) is -0.335. The quantitative estimate of drug-likeness (QED) is 0.703. The van der Waals surface area contributed by atoms with E-state index in [1.807, 2.05) is 0 Å². The van der Waals surface area contributed by atoms with E-state index in [0.717, 1.165) is 0 Å². The number of aliphatic hydroxyl groups is 1. The van der Waals surface area contributed by atoms with Crippen molar-refractivity contribution in [3.05, 3.63) is 30.4 Å². The number of hydrogen-bond acceptors (Lipinski definition) is 3. The van der Waals surface area contributed by atoms with Crippen LogP contribution in [0.4, 0.5) is 0 Å². The summed E-state index contributed by atoms with van der Waals surface area (Å²) in [5.41, 5.74) is 0.480. The standard InChI is InChI=1S/C10H14N2O3/c1-3-4-9-11-8(7(2)13)5-12(9)6-10(14)15/h3,5,7,13H,1,4,6H2,2H3,(H,14,15). The molecule has 0 saturated carbocycles. The number of carboxylic acid groups (broad SMARTS) is 1. The van der Waals surface area contributed by atoms with E-state index in [1.54, 1.807) is 19.2 Å². The average Bonchev–Trinajstić information content (AvgIpc) is 2.48. The third-order valence-electron chi connectivity index (χ3n) is 1.94. The molecule has 82 valence electrons. The maximum atomic E-state index is 10.6. The topological polar surface area (TPSA) is 75.4 Å². The van der Waals surface area contributed by atoms with E-state index in [2.05, 4.69) is 11.6 Å². The first-order valence-electron chi connectivity index (χ1n) is 4.61. The molecule has 5 heteroatoms. The van der Waals surface area contributed by atoms with Gasteiger partial charge in [0.2, 0.25) is 0 Å². The zero-order valence-electron chi connectivity index (χ0n) is 8.55. The fourth-order valence-electron chi connectivity index (χ4n) is 1.25. The summed E-state index contributed by atoms with van der Waals surface area (Å²) in [6.07, 6.45) is 2.99. The minimum atomic E-state index is -0.935. The summed E-state index contributed by atoms with van der Waals surface area (Å²) in [4.78, 5) is 14.7. The molecule has 5 nitrogen and oxygen atoms in total. The number of aliphatic hydroxyl groups excluding tert-OH is 1. The number of rotatable bonds is 5. The molecule has 0 fully saturated rings. The number of aromatic nitrogens is 2. The summed E-state index contributed by atoms with van der Waals surface area (Å²) >= 11 is 0. The molecule has 0 radical (unpaired) electrons. The van der Waals surface area contributed by atoms with Gasteiger partial charge in [-0.1, -0.05) is 6.08 Å². The Morgan fingerprint density at radius 3 is 2.93 bits per heavy atom. The summed E-state index contributed by atoms with van der Waals surface area (Å²) < 4.78 is 1.51. The third kappa shape index (κ3) is 2.92. The molecular formula is C10H14N2O3. The third-order valence-corrected chi connectivity index (χ3v) is 1.94. The van der Waals surface area contributed by atoms with Gasteiger partial charge in [0, 0.05) is 12.6 Å². The molecule has 2 N–H and O–H groups in total. The average molecular weight is 210 g/mol. The van der Waals surface area contributed by atoms with E-state index >= 15 is 0 Å². The summed E-state index contributed by atoms with van der Waals surface area (Å²) in [6.45, 7) is 5.01. The lowest BCUT2D eigenvalue weighted by Crippen LogP contribution is -2.10. The lowest BCUT2D eigenvalue weighted by Gasteiger charge is -2.00. The zero-order valence-corrected chi connectivity index (χ0v) is 8.55. The van der Waals surface area contributed by atoms with E-state index in [-0.39, 0.29) is 6.54 Å². The van der Waals surface area contributed by atoms with Gasteiger partial charge in [-0.05, 0) is 6.92 Å². The van der Waals surface area contributed by atoms with Crippen molar-refractivity contribution in [1.29, 1.82) is 0 Å². The fraction of sp³-hybridized carbons (Fsp3) is 0.400. The van der Waals surface area contributed by atoms with Crippen molar-refractivity contribution in [2.24, 2.45) is 0 Å². The molecule has 0 bridgehead atoms. The second-order valence-corrected chi connectivity index (χ2v) is 3.27. The smallest absolute Gasteiger partial charge is 0.323 e. The molecule has 1 atom stereocenters. The number of carboxylic acids is 1. The first kappa shape index (κ1) is 11.5. The highest BCUT2D eigenvalue weighted by molar-refractivity contribution is 5.66. The van der Waals surface area contributed by atoms with Gasteiger partial charge in [-0.25, -0.2) is 4.98 Å². The number of aliphatic carboxylic acids is 1. The maximum Gasteiger partial charge on any atom is 0.323 e. The van der Waals surface area contributed by atoms with Crippen molar-refractivity contribution in [2.75, 3.05) is 0 Å². The molecule has 0 aliphatic heterocycles. The molecular weight excluding hydrogens is 196 g/mol. The molecule has 1 heterocycles. The number of imidazole rings is 1. The highest BCUT2D eigenvalue weighted by atomic mass is 16.4.